The molecule has 0 heterocycles. The molecule has 0 saturated heterocycles. The van der Waals surface area contributed by atoms with Crippen LogP contribution in [-0.4, -0.2) is 30.4 Å². The van der Waals surface area contributed by atoms with E-state index in [1.165, 1.54) is 0 Å². The highest BCUT2D eigenvalue weighted by molar-refractivity contribution is 5.85. The van der Waals surface area contributed by atoms with Crippen LogP contribution in [0.15, 0.2) is 0 Å². The van der Waals surface area contributed by atoms with E-state index in [-0.39, 0.29) is 18.4 Å². The van der Waals surface area contributed by atoms with Crippen molar-refractivity contribution in [1.82, 2.24) is 10.6 Å². The Bertz CT molecular complexity index is 316. The number of rotatable bonds is 9. The summed E-state index contributed by atoms with van der Waals surface area (Å²) in [5, 5.41) is 5.56. The van der Waals surface area contributed by atoms with Crippen LogP contribution >= 0.6 is 0 Å². The molecule has 5 heteroatoms. The molecule has 0 saturated carbocycles. The molecule has 0 bridgehead atoms. The zero-order valence-corrected chi connectivity index (χ0v) is 13.6. The molecule has 1 atom stereocenters. The summed E-state index contributed by atoms with van der Waals surface area (Å²) in [6.45, 7) is 10.7. The van der Waals surface area contributed by atoms with Crippen molar-refractivity contribution in [2.45, 2.75) is 59.4 Å². The van der Waals surface area contributed by atoms with Crippen molar-refractivity contribution in [3.05, 3.63) is 0 Å². The first-order chi connectivity index (χ1) is 9.18. The number of hydrogen-bond donors (Lipinski definition) is 3. The lowest BCUT2D eigenvalue weighted by molar-refractivity contribution is -0.127. The Kier molecular flexibility index (Phi) is 8.46. The first-order valence-electron chi connectivity index (χ1n) is 7.46. The normalized spacial score (nSPS) is 14.2. The zero-order chi connectivity index (χ0) is 15.8. The Morgan fingerprint density at radius 2 is 1.70 bits per heavy atom. The van der Waals surface area contributed by atoms with Crippen LogP contribution in [0, 0.1) is 11.8 Å². The van der Waals surface area contributed by atoms with E-state index in [1.54, 1.807) is 0 Å². The minimum Gasteiger partial charge on any atom is -0.348 e. The van der Waals surface area contributed by atoms with E-state index in [9.17, 15) is 9.59 Å². The maximum Gasteiger partial charge on any atom is 0.239 e. The Labute approximate surface area is 123 Å². The van der Waals surface area contributed by atoms with Crippen LogP contribution in [0.5, 0.6) is 0 Å². The molecule has 20 heavy (non-hydrogen) atoms. The summed E-state index contributed by atoms with van der Waals surface area (Å²) in [6.07, 6.45) is 2.11. The molecule has 0 radical (unpaired) electrons. The first kappa shape index (κ1) is 18.9. The van der Waals surface area contributed by atoms with Crippen molar-refractivity contribution in [2.24, 2.45) is 17.6 Å². The van der Waals surface area contributed by atoms with Gasteiger partial charge in [-0.15, -0.1) is 0 Å². The van der Waals surface area contributed by atoms with Crippen molar-refractivity contribution in [2.75, 3.05) is 13.1 Å². The molecule has 0 aliphatic carbocycles. The lowest BCUT2D eigenvalue weighted by Gasteiger charge is -2.31. The van der Waals surface area contributed by atoms with Crippen LogP contribution in [0.4, 0.5) is 0 Å². The fourth-order valence-electron chi connectivity index (χ4n) is 2.15. The fraction of sp³-hybridized carbons (Fsp3) is 0.867. The van der Waals surface area contributed by atoms with E-state index in [0.717, 1.165) is 12.8 Å². The van der Waals surface area contributed by atoms with E-state index in [2.05, 4.69) is 38.3 Å². The van der Waals surface area contributed by atoms with Gasteiger partial charge in [0, 0.05) is 18.5 Å². The highest BCUT2D eigenvalue weighted by Gasteiger charge is 2.25. The Morgan fingerprint density at radius 3 is 2.15 bits per heavy atom. The monoisotopic (exact) mass is 285 g/mol. The summed E-state index contributed by atoms with van der Waals surface area (Å²) in [5.74, 6) is 0.675. The van der Waals surface area contributed by atoms with Crippen molar-refractivity contribution in [3.63, 3.8) is 0 Å². The molecule has 2 amide bonds. The predicted molar refractivity (Wildman–Crippen MR) is 82.1 cm³/mol. The third-order valence-corrected chi connectivity index (χ3v) is 3.15. The van der Waals surface area contributed by atoms with E-state index in [0.29, 0.717) is 24.8 Å². The molecule has 0 spiro atoms. The molecular weight excluding hydrogens is 254 g/mol. The van der Waals surface area contributed by atoms with Crippen LogP contribution in [0.3, 0.4) is 0 Å². The molecule has 4 N–H and O–H groups in total. The third-order valence-electron chi connectivity index (χ3n) is 3.15. The summed E-state index contributed by atoms with van der Waals surface area (Å²) in [5.41, 5.74) is 5.33. The van der Waals surface area contributed by atoms with Crippen molar-refractivity contribution >= 4 is 11.8 Å². The topological polar surface area (TPSA) is 84.2 Å². The molecule has 0 aliphatic rings. The molecule has 1 unspecified atom stereocenters. The maximum absolute atomic E-state index is 11.9. The SMILES string of the molecule is CC(C)CCC(=O)NCC(=O)NC(C)(CN)CC(C)C. The van der Waals surface area contributed by atoms with Gasteiger partial charge in [0.25, 0.3) is 0 Å². The molecule has 0 aromatic carbocycles. The van der Waals surface area contributed by atoms with E-state index < -0.39 is 5.54 Å². The fourth-order valence-corrected chi connectivity index (χ4v) is 2.15. The van der Waals surface area contributed by atoms with Crippen molar-refractivity contribution < 1.29 is 9.59 Å². The third kappa shape index (κ3) is 8.91. The largest absolute Gasteiger partial charge is 0.348 e. The smallest absolute Gasteiger partial charge is 0.239 e. The summed E-state index contributed by atoms with van der Waals surface area (Å²) < 4.78 is 0. The molecule has 0 fully saturated rings. The first-order valence-corrected chi connectivity index (χ1v) is 7.46. The van der Waals surface area contributed by atoms with Crippen LogP contribution < -0.4 is 16.4 Å². The van der Waals surface area contributed by atoms with E-state index >= 15 is 0 Å². The summed E-state index contributed by atoms with van der Waals surface area (Å²) in [4.78, 5) is 23.4. The molecular formula is C15H31N3O2. The average Bonchev–Trinajstić information content (AvgIpc) is 2.32. The minimum atomic E-state index is -0.409. The number of amides is 2. The lowest BCUT2D eigenvalue weighted by Crippen LogP contribution is -2.54. The zero-order valence-electron chi connectivity index (χ0n) is 13.6. The second kappa shape index (κ2) is 8.95. The van der Waals surface area contributed by atoms with Crippen LogP contribution in [-0.2, 0) is 9.59 Å². The van der Waals surface area contributed by atoms with Crippen molar-refractivity contribution in [3.8, 4) is 0 Å². The molecule has 0 aliphatic heterocycles. The van der Waals surface area contributed by atoms with Gasteiger partial charge in [0.1, 0.15) is 0 Å². The van der Waals surface area contributed by atoms with E-state index in [4.69, 9.17) is 5.73 Å². The Morgan fingerprint density at radius 1 is 1.10 bits per heavy atom. The second-order valence-corrected chi connectivity index (χ2v) is 6.62. The number of carbonyl (C=O) groups is 2. The van der Waals surface area contributed by atoms with Crippen LogP contribution in [0.1, 0.15) is 53.9 Å². The van der Waals surface area contributed by atoms with Gasteiger partial charge in [-0.1, -0.05) is 27.7 Å². The highest BCUT2D eigenvalue weighted by Crippen LogP contribution is 2.14. The second-order valence-electron chi connectivity index (χ2n) is 6.62. The Hall–Kier alpha value is -1.10. The highest BCUT2D eigenvalue weighted by atomic mass is 16.2. The van der Waals surface area contributed by atoms with Crippen LogP contribution in [0.2, 0.25) is 0 Å². The molecule has 5 nitrogen and oxygen atoms in total. The quantitative estimate of drug-likeness (QED) is 0.599. The van der Waals surface area contributed by atoms with Gasteiger partial charge in [-0.05, 0) is 31.6 Å². The number of carbonyl (C=O) groups excluding carboxylic acids is 2. The number of hydrogen-bond acceptors (Lipinski definition) is 3. The van der Waals surface area contributed by atoms with Gasteiger partial charge in [-0.3, -0.25) is 9.59 Å². The van der Waals surface area contributed by atoms with Gasteiger partial charge in [-0.2, -0.15) is 0 Å². The van der Waals surface area contributed by atoms with Gasteiger partial charge >= 0.3 is 0 Å². The number of nitrogens with one attached hydrogen (secondary N) is 2. The van der Waals surface area contributed by atoms with Gasteiger partial charge in [0.05, 0.1) is 6.54 Å². The van der Waals surface area contributed by atoms with Gasteiger partial charge in [-0.25, -0.2) is 0 Å². The maximum atomic E-state index is 11.9. The van der Waals surface area contributed by atoms with Gasteiger partial charge < -0.3 is 16.4 Å². The minimum absolute atomic E-state index is 0.0185. The molecule has 118 valence electrons. The van der Waals surface area contributed by atoms with E-state index in [1.807, 2.05) is 6.92 Å². The average molecular weight is 285 g/mol. The van der Waals surface area contributed by atoms with Gasteiger partial charge in [0.2, 0.25) is 11.8 Å². The lowest BCUT2D eigenvalue weighted by atomic mass is 9.91. The Balaban J connectivity index is 4.11. The summed E-state index contributed by atoms with van der Waals surface area (Å²) in [7, 11) is 0. The van der Waals surface area contributed by atoms with Crippen molar-refractivity contribution in [1.29, 1.82) is 0 Å². The molecule has 0 rings (SSSR count). The summed E-state index contributed by atoms with van der Waals surface area (Å²) in [6, 6.07) is 0. The number of nitrogens with two attached hydrogens (primary N) is 1. The standard InChI is InChI=1S/C15H31N3O2/c1-11(2)6-7-13(19)17-9-14(20)18-15(5,10-16)8-12(3)4/h11-12H,6-10,16H2,1-5H3,(H,17,19)(H,18,20). The molecule has 0 aromatic heterocycles. The summed E-state index contributed by atoms with van der Waals surface area (Å²) >= 11 is 0. The molecule has 0 aromatic rings. The van der Waals surface area contributed by atoms with Crippen LogP contribution in [0.25, 0.3) is 0 Å². The predicted octanol–water partition coefficient (Wildman–Crippen LogP) is 1.42. The van der Waals surface area contributed by atoms with Gasteiger partial charge in [0.15, 0.2) is 0 Å².